The molecule has 0 fully saturated rings. The maximum absolute atomic E-state index is 9.59. The summed E-state index contributed by atoms with van der Waals surface area (Å²) >= 11 is 0. The Kier molecular flexibility index (Phi) is 8.51. The third kappa shape index (κ3) is 5.87. The molecule has 0 aliphatic heterocycles. The topological polar surface area (TPSA) is 41.9 Å². The number of ether oxygens (including phenoxy) is 2. The second-order valence-corrected chi connectivity index (χ2v) is 7.44. The summed E-state index contributed by atoms with van der Waals surface area (Å²) in [6.45, 7) is 8.15. The monoisotopic (exact) mass is 419 g/mol. The van der Waals surface area contributed by atoms with E-state index in [1.807, 2.05) is 24.3 Å². The van der Waals surface area contributed by atoms with Gasteiger partial charge in [-0.15, -0.1) is 0 Å². The molecule has 3 aromatic rings. The van der Waals surface area contributed by atoms with E-state index in [0.29, 0.717) is 13.0 Å². The molecule has 3 aromatic carbocycles. The van der Waals surface area contributed by atoms with Crippen molar-refractivity contribution in [3.8, 4) is 33.8 Å². The molecular formula is C27H33NO3. The summed E-state index contributed by atoms with van der Waals surface area (Å²) in [4.78, 5) is 2.35. The maximum atomic E-state index is 9.59. The molecule has 31 heavy (non-hydrogen) atoms. The summed E-state index contributed by atoms with van der Waals surface area (Å²) in [7, 11) is 1.67. The number of benzene rings is 3. The fourth-order valence-corrected chi connectivity index (χ4v) is 3.83. The molecule has 0 bridgehead atoms. The van der Waals surface area contributed by atoms with Gasteiger partial charge in [0.2, 0.25) is 0 Å². The van der Waals surface area contributed by atoms with Crippen LogP contribution in [-0.4, -0.2) is 50.0 Å². The van der Waals surface area contributed by atoms with Crippen LogP contribution in [0.25, 0.3) is 22.3 Å². The van der Waals surface area contributed by atoms with Gasteiger partial charge in [-0.3, -0.25) is 0 Å². The van der Waals surface area contributed by atoms with Gasteiger partial charge in [-0.05, 0) is 71.6 Å². The molecule has 0 heterocycles. The van der Waals surface area contributed by atoms with Gasteiger partial charge in [0, 0.05) is 13.2 Å². The summed E-state index contributed by atoms with van der Waals surface area (Å²) in [5.74, 6) is 1.71. The van der Waals surface area contributed by atoms with Crippen molar-refractivity contribution in [1.82, 2.24) is 4.90 Å². The number of methoxy groups -OCH3 is 1. The highest BCUT2D eigenvalue weighted by Crippen LogP contribution is 2.36. The molecule has 0 aliphatic rings. The fourth-order valence-electron chi connectivity index (χ4n) is 3.83. The van der Waals surface area contributed by atoms with Gasteiger partial charge in [0.05, 0.1) is 7.11 Å². The minimum absolute atomic E-state index is 0.117. The minimum atomic E-state index is 0.117. The first-order valence-corrected chi connectivity index (χ1v) is 11.0. The van der Waals surface area contributed by atoms with Crippen LogP contribution in [-0.2, 0) is 6.42 Å². The lowest BCUT2D eigenvalue weighted by Gasteiger charge is -2.18. The summed E-state index contributed by atoms with van der Waals surface area (Å²) in [6.07, 6.45) is 0.613. The Bertz CT molecular complexity index is 932. The van der Waals surface area contributed by atoms with Crippen LogP contribution in [0.3, 0.4) is 0 Å². The Morgan fingerprint density at radius 1 is 0.806 bits per heavy atom. The molecule has 0 aromatic heterocycles. The summed E-state index contributed by atoms with van der Waals surface area (Å²) in [6, 6.07) is 22.7. The van der Waals surface area contributed by atoms with E-state index in [4.69, 9.17) is 9.47 Å². The third-order valence-corrected chi connectivity index (χ3v) is 5.65. The van der Waals surface area contributed by atoms with E-state index >= 15 is 0 Å². The lowest BCUT2D eigenvalue weighted by Crippen LogP contribution is -2.27. The molecular weight excluding hydrogens is 386 g/mol. The molecule has 3 rings (SSSR count). The zero-order chi connectivity index (χ0) is 22.1. The highest BCUT2D eigenvalue weighted by atomic mass is 16.5. The first-order valence-electron chi connectivity index (χ1n) is 11.0. The molecule has 164 valence electrons. The Labute approximate surface area is 186 Å². The SMILES string of the molecule is CCN(CC)CCOc1ccc(-c2cccc(CCO)c2-c2ccc(OC)cc2)cc1. The van der Waals surface area contributed by atoms with Crippen LogP contribution < -0.4 is 9.47 Å². The van der Waals surface area contributed by atoms with Crippen LogP contribution in [0.5, 0.6) is 11.5 Å². The van der Waals surface area contributed by atoms with Crippen molar-refractivity contribution in [2.45, 2.75) is 20.3 Å². The van der Waals surface area contributed by atoms with Crippen molar-refractivity contribution in [3.63, 3.8) is 0 Å². The third-order valence-electron chi connectivity index (χ3n) is 5.65. The van der Waals surface area contributed by atoms with E-state index in [1.165, 1.54) is 0 Å². The number of aliphatic hydroxyl groups is 1. The predicted octanol–water partition coefficient (Wildman–Crippen LogP) is 5.28. The van der Waals surface area contributed by atoms with Crippen LogP contribution >= 0.6 is 0 Å². The van der Waals surface area contributed by atoms with E-state index < -0.39 is 0 Å². The quantitative estimate of drug-likeness (QED) is 0.459. The van der Waals surface area contributed by atoms with Crippen molar-refractivity contribution in [2.24, 2.45) is 0 Å². The Balaban J connectivity index is 1.87. The average Bonchev–Trinajstić information content (AvgIpc) is 2.82. The van der Waals surface area contributed by atoms with Crippen LogP contribution in [0.4, 0.5) is 0 Å². The van der Waals surface area contributed by atoms with Crippen molar-refractivity contribution >= 4 is 0 Å². The molecule has 0 unspecified atom stereocenters. The van der Waals surface area contributed by atoms with E-state index in [2.05, 4.69) is 61.2 Å². The largest absolute Gasteiger partial charge is 0.497 e. The summed E-state index contributed by atoms with van der Waals surface area (Å²) < 4.78 is 11.3. The Morgan fingerprint density at radius 3 is 2.06 bits per heavy atom. The minimum Gasteiger partial charge on any atom is -0.497 e. The zero-order valence-electron chi connectivity index (χ0n) is 18.8. The Hall–Kier alpha value is -2.82. The van der Waals surface area contributed by atoms with E-state index in [1.54, 1.807) is 7.11 Å². The van der Waals surface area contributed by atoms with E-state index in [-0.39, 0.29) is 6.61 Å². The number of hydrogen-bond acceptors (Lipinski definition) is 4. The fraction of sp³-hybridized carbons (Fsp3) is 0.333. The second-order valence-electron chi connectivity index (χ2n) is 7.44. The molecule has 0 radical (unpaired) electrons. The number of nitrogens with zero attached hydrogens (tertiary/aromatic N) is 1. The Morgan fingerprint density at radius 2 is 1.45 bits per heavy atom. The first kappa shape index (κ1) is 22.9. The highest BCUT2D eigenvalue weighted by Gasteiger charge is 2.13. The van der Waals surface area contributed by atoms with Crippen LogP contribution in [0.2, 0.25) is 0 Å². The number of rotatable bonds is 11. The molecule has 0 atom stereocenters. The van der Waals surface area contributed by atoms with Gasteiger partial charge >= 0.3 is 0 Å². The van der Waals surface area contributed by atoms with Gasteiger partial charge in [-0.2, -0.15) is 0 Å². The number of hydrogen-bond donors (Lipinski definition) is 1. The first-order chi connectivity index (χ1) is 15.2. The molecule has 0 saturated heterocycles. The zero-order valence-corrected chi connectivity index (χ0v) is 18.8. The lowest BCUT2D eigenvalue weighted by atomic mass is 9.89. The van der Waals surface area contributed by atoms with Gasteiger partial charge in [0.25, 0.3) is 0 Å². The van der Waals surface area contributed by atoms with E-state index in [0.717, 1.165) is 59.0 Å². The molecule has 0 aliphatic carbocycles. The summed E-state index contributed by atoms with van der Waals surface area (Å²) in [5, 5.41) is 9.59. The predicted molar refractivity (Wildman–Crippen MR) is 128 cm³/mol. The van der Waals surface area contributed by atoms with Crippen molar-refractivity contribution in [2.75, 3.05) is 40.0 Å². The van der Waals surface area contributed by atoms with Crippen molar-refractivity contribution < 1.29 is 14.6 Å². The molecule has 0 saturated carbocycles. The van der Waals surface area contributed by atoms with E-state index in [9.17, 15) is 5.11 Å². The van der Waals surface area contributed by atoms with Gasteiger partial charge in [0.15, 0.2) is 0 Å². The number of likely N-dealkylation sites (N-methyl/N-ethyl adjacent to an activating group) is 1. The second kappa shape index (κ2) is 11.5. The van der Waals surface area contributed by atoms with Crippen molar-refractivity contribution in [1.29, 1.82) is 0 Å². The highest BCUT2D eigenvalue weighted by molar-refractivity contribution is 5.86. The molecule has 4 heteroatoms. The molecule has 4 nitrogen and oxygen atoms in total. The average molecular weight is 420 g/mol. The molecule has 0 amide bonds. The normalized spacial score (nSPS) is 11.0. The van der Waals surface area contributed by atoms with Gasteiger partial charge in [-0.1, -0.05) is 56.3 Å². The lowest BCUT2D eigenvalue weighted by molar-refractivity contribution is 0.223. The van der Waals surface area contributed by atoms with Gasteiger partial charge in [0.1, 0.15) is 18.1 Å². The maximum Gasteiger partial charge on any atom is 0.119 e. The molecule has 1 N–H and O–H groups in total. The van der Waals surface area contributed by atoms with Gasteiger partial charge < -0.3 is 19.5 Å². The van der Waals surface area contributed by atoms with Crippen LogP contribution in [0, 0.1) is 0 Å². The van der Waals surface area contributed by atoms with Crippen LogP contribution in [0.1, 0.15) is 19.4 Å². The van der Waals surface area contributed by atoms with Gasteiger partial charge in [-0.25, -0.2) is 0 Å². The molecule has 0 spiro atoms. The number of aliphatic hydroxyl groups excluding tert-OH is 1. The smallest absolute Gasteiger partial charge is 0.119 e. The van der Waals surface area contributed by atoms with Crippen molar-refractivity contribution in [3.05, 3.63) is 72.3 Å². The standard InChI is InChI=1S/C27H33NO3/c1-4-28(5-2)18-20-31-25-15-9-21(10-16-25)26-8-6-7-22(17-19-29)27(26)23-11-13-24(30-3)14-12-23/h6-16,29H,4-5,17-20H2,1-3H3. The summed E-state index contributed by atoms with van der Waals surface area (Å²) in [5.41, 5.74) is 5.66. The van der Waals surface area contributed by atoms with Crippen LogP contribution in [0.15, 0.2) is 66.7 Å².